The Morgan fingerprint density at radius 3 is 3.17 bits per heavy atom. The molecule has 0 saturated carbocycles. The Labute approximate surface area is 72.0 Å². The van der Waals surface area contributed by atoms with Gasteiger partial charge in [-0.1, -0.05) is 0 Å². The van der Waals surface area contributed by atoms with Gasteiger partial charge in [0.25, 0.3) is 0 Å². The van der Waals surface area contributed by atoms with Crippen molar-refractivity contribution in [2.75, 3.05) is 12.3 Å². The van der Waals surface area contributed by atoms with E-state index in [-0.39, 0.29) is 0 Å². The lowest BCUT2D eigenvalue weighted by Crippen LogP contribution is -2.13. The van der Waals surface area contributed by atoms with Crippen LogP contribution in [0.25, 0.3) is 0 Å². The van der Waals surface area contributed by atoms with Crippen molar-refractivity contribution < 1.29 is 0 Å². The Morgan fingerprint density at radius 1 is 1.58 bits per heavy atom. The molecule has 3 heteroatoms. The first-order valence-corrected chi connectivity index (χ1v) is 4.31. The maximum Gasteiger partial charge on any atom is 0.123 e. The van der Waals surface area contributed by atoms with E-state index in [2.05, 4.69) is 10.3 Å². The normalized spacial score (nSPS) is 22.8. The maximum absolute atomic E-state index is 5.59. The highest BCUT2D eigenvalue weighted by atomic mass is 14.9. The number of aromatic nitrogens is 1. The molecule has 0 bridgehead atoms. The molecule has 3 nitrogen and oxygen atoms in total. The average Bonchev–Trinajstić information content (AvgIpc) is 2.56. The van der Waals surface area contributed by atoms with Gasteiger partial charge in [-0.15, -0.1) is 0 Å². The summed E-state index contributed by atoms with van der Waals surface area (Å²) in [4.78, 5) is 3.96. The molecule has 2 heterocycles. The third-order valence-electron chi connectivity index (χ3n) is 2.27. The molecule has 1 fully saturated rings. The zero-order chi connectivity index (χ0) is 8.39. The van der Waals surface area contributed by atoms with E-state index in [0.717, 1.165) is 6.54 Å². The van der Waals surface area contributed by atoms with E-state index < -0.39 is 0 Å². The predicted octanol–water partition coefficient (Wildman–Crippen LogP) is 1.09. The predicted molar refractivity (Wildman–Crippen MR) is 48.6 cm³/mol. The minimum absolute atomic E-state index is 0.496. The van der Waals surface area contributed by atoms with Crippen LogP contribution in [0.2, 0.25) is 0 Å². The minimum atomic E-state index is 0.496. The third-order valence-corrected chi connectivity index (χ3v) is 2.27. The summed E-state index contributed by atoms with van der Waals surface area (Å²) in [7, 11) is 0. The summed E-state index contributed by atoms with van der Waals surface area (Å²) in [5, 5.41) is 3.42. The van der Waals surface area contributed by atoms with Crippen LogP contribution in [0.1, 0.15) is 24.4 Å². The van der Waals surface area contributed by atoms with Gasteiger partial charge < -0.3 is 11.1 Å². The van der Waals surface area contributed by atoms with Crippen LogP contribution in [-0.2, 0) is 0 Å². The molecule has 0 aromatic carbocycles. The van der Waals surface area contributed by atoms with E-state index in [1.165, 1.54) is 18.4 Å². The third kappa shape index (κ3) is 1.41. The number of nitrogens with one attached hydrogen (secondary N) is 1. The number of nitrogens with zero attached hydrogens (tertiary/aromatic N) is 1. The van der Waals surface area contributed by atoms with E-state index in [9.17, 15) is 0 Å². The first-order valence-electron chi connectivity index (χ1n) is 4.31. The lowest BCUT2D eigenvalue weighted by molar-refractivity contribution is 0.647. The van der Waals surface area contributed by atoms with Crippen LogP contribution in [0.3, 0.4) is 0 Å². The highest BCUT2D eigenvalue weighted by Crippen LogP contribution is 2.22. The van der Waals surface area contributed by atoms with E-state index in [1.54, 1.807) is 6.20 Å². The summed E-state index contributed by atoms with van der Waals surface area (Å²) in [6.07, 6.45) is 4.24. The molecular weight excluding hydrogens is 150 g/mol. The van der Waals surface area contributed by atoms with Crippen LogP contribution >= 0.6 is 0 Å². The highest BCUT2D eigenvalue weighted by Gasteiger charge is 2.15. The van der Waals surface area contributed by atoms with Gasteiger partial charge in [0.05, 0.1) is 0 Å². The summed E-state index contributed by atoms with van der Waals surface area (Å²) in [5.41, 5.74) is 6.85. The standard InChI is InChI=1S/C9H13N3/c10-9-6-7(3-5-12-9)8-2-1-4-11-8/h3,5-6,8,11H,1-2,4H2,(H2,10,12)/t8-/m0/s1. The van der Waals surface area contributed by atoms with Crippen LogP contribution in [0.15, 0.2) is 18.3 Å². The summed E-state index contributed by atoms with van der Waals surface area (Å²) in [6, 6.07) is 4.47. The van der Waals surface area contributed by atoms with Gasteiger partial charge in [0.15, 0.2) is 0 Å². The zero-order valence-electron chi connectivity index (χ0n) is 6.96. The highest BCUT2D eigenvalue weighted by molar-refractivity contribution is 5.33. The number of hydrogen-bond acceptors (Lipinski definition) is 3. The van der Waals surface area contributed by atoms with Crippen molar-refractivity contribution in [3.63, 3.8) is 0 Å². The molecule has 0 radical (unpaired) electrons. The smallest absolute Gasteiger partial charge is 0.123 e. The first kappa shape index (κ1) is 7.55. The summed E-state index contributed by atoms with van der Waals surface area (Å²) in [6.45, 7) is 1.12. The van der Waals surface area contributed by atoms with Gasteiger partial charge in [0, 0.05) is 12.2 Å². The molecule has 1 aromatic rings. The number of nitrogen functional groups attached to an aromatic ring is 1. The summed E-state index contributed by atoms with van der Waals surface area (Å²) < 4.78 is 0. The minimum Gasteiger partial charge on any atom is -0.384 e. The fourth-order valence-corrected chi connectivity index (χ4v) is 1.65. The van der Waals surface area contributed by atoms with Gasteiger partial charge >= 0.3 is 0 Å². The average molecular weight is 163 g/mol. The van der Waals surface area contributed by atoms with Crippen molar-refractivity contribution in [3.8, 4) is 0 Å². The van der Waals surface area contributed by atoms with E-state index >= 15 is 0 Å². The lowest BCUT2D eigenvalue weighted by Gasteiger charge is -2.09. The van der Waals surface area contributed by atoms with Gasteiger partial charge in [-0.3, -0.25) is 0 Å². The van der Waals surface area contributed by atoms with Crippen LogP contribution < -0.4 is 11.1 Å². The number of pyridine rings is 1. The Kier molecular flexibility index (Phi) is 1.96. The fourth-order valence-electron chi connectivity index (χ4n) is 1.65. The molecule has 1 saturated heterocycles. The maximum atomic E-state index is 5.59. The van der Waals surface area contributed by atoms with E-state index in [4.69, 9.17) is 5.73 Å². The van der Waals surface area contributed by atoms with E-state index in [0.29, 0.717) is 11.9 Å². The van der Waals surface area contributed by atoms with Crippen LogP contribution in [-0.4, -0.2) is 11.5 Å². The van der Waals surface area contributed by atoms with Crippen LogP contribution in [0, 0.1) is 0 Å². The molecule has 0 unspecified atom stereocenters. The Bertz CT molecular complexity index is 266. The molecule has 1 aromatic heterocycles. The van der Waals surface area contributed by atoms with E-state index in [1.807, 2.05) is 12.1 Å². The molecule has 3 N–H and O–H groups in total. The molecule has 1 aliphatic heterocycles. The molecule has 0 amide bonds. The number of nitrogens with two attached hydrogens (primary N) is 1. The monoisotopic (exact) mass is 163 g/mol. The molecule has 1 aliphatic rings. The van der Waals surface area contributed by atoms with Crippen molar-refractivity contribution in [1.29, 1.82) is 0 Å². The summed E-state index contributed by atoms with van der Waals surface area (Å²) >= 11 is 0. The van der Waals surface area contributed by atoms with Crippen molar-refractivity contribution in [2.24, 2.45) is 0 Å². The van der Waals surface area contributed by atoms with Crippen molar-refractivity contribution in [3.05, 3.63) is 23.9 Å². The topological polar surface area (TPSA) is 50.9 Å². The van der Waals surface area contributed by atoms with Gasteiger partial charge in [-0.05, 0) is 37.1 Å². The number of hydrogen-bond donors (Lipinski definition) is 2. The Morgan fingerprint density at radius 2 is 2.50 bits per heavy atom. The molecule has 64 valence electrons. The molecular formula is C9H13N3. The van der Waals surface area contributed by atoms with Gasteiger partial charge in [-0.25, -0.2) is 4.98 Å². The zero-order valence-corrected chi connectivity index (χ0v) is 6.96. The van der Waals surface area contributed by atoms with Gasteiger partial charge in [-0.2, -0.15) is 0 Å². The van der Waals surface area contributed by atoms with Crippen LogP contribution in [0.4, 0.5) is 5.82 Å². The van der Waals surface area contributed by atoms with Crippen molar-refractivity contribution in [1.82, 2.24) is 10.3 Å². The molecule has 2 rings (SSSR count). The molecule has 0 aliphatic carbocycles. The molecule has 12 heavy (non-hydrogen) atoms. The number of rotatable bonds is 1. The quantitative estimate of drug-likeness (QED) is 0.651. The number of anilines is 1. The lowest BCUT2D eigenvalue weighted by atomic mass is 10.1. The van der Waals surface area contributed by atoms with Gasteiger partial charge in [0.2, 0.25) is 0 Å². The molecule has 1 atom stereocenters. The van der Waals surface area contributed by atoms with Gasteiger partial charge in [0.1, 0.15) is 5.82 Å². The molecule has 0 spiro atoms. The van der Waals surface area contributed by atoms with Crippen molar-refractivity contribution in [2.45, 2.75) is 18.9 Å². The largest absolute Gasteiger partial charge is 0.384 e. The SMILES string of the molecule is Nc1cc([C@@H]2CCCN2)ccn1. The Hall–Kier alpha value is -1.09. The Balaban J connectivity index is 2.21. The second-order valence-corrected chi connectivity index (χ2v) is 3.16. The van der Waals surface area contributed by atoms with Crippen molar-refractivity contribution >= 4 is 5.82 Å². The van der Waals surface area contributed by atoms with Crippen LogP contribution in [0.5, 0.6) is 0 Å². The fraction of sp³-hybridized carbons (Fsp3) is 0.444. The second kappa shape index (κ2) is 3.11. The summed E-state index contributed by atoms with van der Waals surface area (Å²) in [5.74, 6) is 0.612. The first-order chi connectivity index (χ1) is 5.86. The second-order valence-electron chi connectivity index (χ2n) is 3.16.